The molecule has 0 atom stereocenters. The summed E-state index contributed by atoms with van der Waals surface area (Å²) >= 11 is 0. The quantitative estimate of drug-likeness (QED) is 0.808. The molecule has 7 nitrogen and oxygen atoms in total. The van der Waals surface area contributed by atoms with Crippen molar-refractivity contribution in [3.8, 4) is 17.4 Å². The van der Waals surface area contributed by atoms with Crippen molar-refractivity contribution < 1.29 is 14.3 Å². The maximum Gasteiger partial charge on any atom is 0.262 e. The van der Waals surface area contributed by atoms with E-state index in [2.05, 4.69) is 10.4 Å². The maximum absolute atomic E-state index is 11.3. The zero-order valence-corrected chi connectivity index (χ0v) is 11.1. The lowest BCUT2D eigenvalue weighted by Crippen LogP contribution is -2.25. The number of aryl methyl sites for hydroxylation is 2. The third kappa shape index (κ3) is 2.13. The van der Waals surface area contributed by atoms with Crippen LogP contribution in [0.2, 0.25) is 0 Å². The summed E-state index contributed by atoms with van der Waals surface area (Å²) in [4.78, 5) is 11.3. The zero-order chi connectivity index (χ0) is 14.3. The van der Waals surface area contributed by atoms with Gasteiger partial charge in [-0.2, -0.15) is 5.10 Å². The summed E-state index contributed by atoms with van der Waals surface area (Å²) in [5.74, 6) is 1.34. The topological polar surface area (TPSA) is 91.4 Å². The summed E-state index contributed by atoms with van der Waals surface area (Å²) in [5, 5.41) is 6.90. The molecule has 1 aromatic heterocycles. The lowest BCUT2D eigenvalue weighted by molar-refractivity contribution is -0.118. The van der Waals surface area contributed by atoms with Crippen LogP contribution in [0, 0.1) is 6.92 Å². The molecule has 3 N–H and O–H groups in total. The molecule has 3 rings (SSSR count). The predicted octanol–water partition coefficient (Wildman–Crippen LogP) is 1.43. The number of carbonyl (C=O) groups excluding carboxylic acids is 1. The number of nitrogens with two attached hydrogens (primary N) is 1. The van der Waals surface area contributed by atoms with Gasteiger partial charge in [-0.15, -0.1) is 0 Å². The van der Waals surface area contributed by atoms with Gasteiger partial charge in [0.1, 0.15) is 5.75 Å². The molecule has 0 aliphatic carbocycles. The third-order valence-electron chi connectivity index (χ3n) is 2.92. The van der Waals surface area contributed by atoms with Gasteiger partial charge in [0, 0.05) is 25.2 Å². The molecule has 7 heteroatoms. The highest BCUT2D eigenvalue weighted by molar-refractivity contribution is 5.96. The van der Waals surface area contributed by atoms with Crippen LogP contribution in [0.25, 0.3) is 0 Å². The molecule has 0 fully saturated rings. The van der Waals surface area contributed by atoms with Crippen LogP contribution in [-0.4, -0.2) is 22.3 Å². The Morgan fingerprint density at radius 3 is 2.95 bits per heavy atom. The average molecular weight is 274 g/mol. The van der Waals surface area contributed by atoms with Crippen LogP contribution >= 0.6 is 0 Å². The van der Waals surface area contributed by atoms with Crippen molar-refractivity contribution in [1.82, 2.24) is 9.78 Å². The highest BCUT2D eigenvalue weighted by atomic mass is 16.5. The van der Waals surface area contributed by atoms with E-state index in [0.717, 1.165) is 5.69 Å². The number of nitrogens with one attached hydrogen (secondary N) is 1. The summed E-state index contributed by atoms with van der Waals surface area (Å²) in [5.41, 5.74) is 7.75. The van der Waals surface area contributed by atoms with Gasteiger partial charge in [-0.3, -0.25) is 4.79 Å². The van der Waals surface area contributed by atoms with E-state index in [1.807, 2.05) is 6.92 Å². The summed E-state index contributed by atoms with van der Waals surface area (Å²) < 4.78 is 12.6. The third-order valence-corrected chi connectivity index (χ3v) is 2.92. The van der Waals surface area contributed by atoms with E-state index in [1.165, 1.54) is 0 Å². The molecular formula is C13H14N4O3. The SMILES string of the molecule is Cc1cc(Oc2cc3c(cc2N)OCC(=O)N3)n(C)n1. The number of carbonyl (C=O) groups is 1. The Labute approximate surface area is 115 Å². The fraction of sp³-hybridized carbons (Fsp3) is 0.231. The number of nitrogen functional groups attached to an aromatic ring is 1. The van der Waals surface area contributed by atoms with Crippen LogP contribution in [0.5, 0.6) is 17.4 Å². The van der Waals surface area contributed by atoms with Crippen LogP contribution in [0.3, 0.4) is 0 Å². The van der Waals surface area contributed by atoms with Crippen LogP contribution in [0.15, 0.2) is 18.2 Å². The van der Waals surface area contributed by atoms with Crippen molar-refractivity contribution in [2.24, 2.45) is 7.05 Å². The maximum atomic E-state index is 11.3. The fourth-order valence-corrected chi connectivity index (χ4v) is 2.01. The number of benzene rings is 1. The van der Waals surface area contributed by atoms with Crippen LogP contribution in [0.4, 0.5) is 11.4 Å². The highest BCUT2D eigenvalue weighted by Gasteiger charge is 2.19. The molecule has 2 aromatic rings. The molecular weight excluding hydrogens is 260 g/mol. The largest absolute Gasteiger partial charge is 0.481 e. The Morgan fingerprint density at radius 2 is 2.25 bits per heavy atom. The summed E-state index contributed by atoms with van der Waals surface area (Å²) in [6.07, 6.45) is 0. The molecule has 20 heavy (non-hydrogen) atoms. The van der Waals surface area contributed by atoms with Gasteiger partial charge < -0.3 is 20.5 Å². The van der Waals surface area contributed by atoms with E-state index in [4.69, 9.17) is 15.2 Å². The molecule has 2 heterocycles. The molecule has 104 valence electrons. The Bertz CT molecular complexity index is 693. The normalized spacial score (nSPS) is 13.4. The number of hydrogen-bond donors (Lipinski definition) is 2. The predicted molar refractivity (Wildman–Crippen MR) is 73.0 cm³/mol. The van der Waals surface area contributed by atoms with Crippen molar-refractivity contribution in [3.63, 3.8) is 0 Å². The van der Waals surface area contributed by atoms with Crippen LogP contribution in [-0.2, 0) is 11.8 Å². The standard InChI is InChI=1S/C13H14N4O3/c1-7-3-13(17(2)16-7)20-10-5-9-11(4-8(10)14)19-6-12(18)15-9/h3-5H,6,14H2,1-2H3,(H,15,18). The van der Waals surface area contributed by atoms with Gasteiger partial charge in [-0.05, 0) is 6.92 Å². The number of hydrogen-bond acceptors (Lipinski definition) is 5. The molecule has 0 bridgehead atoms. The minimum atomic E-state index is -0.204. The lowest BCUT2D eigenvalue weighted by atomic mass is 10.2. The first-order chi connectivity index (χ1) is 9.52. The number of fused-ring (bicyclic) bond motifs is 1. The van der Waals surface area contributed by atoms with E-state index in [0.29, 0.717) is 28.8 Å². The molecule has 1 aliphatic rings. The minimum Gasteiger partial charge on any atom is -0.481 e. The molecule has 1 aromatic carbocycles. The molecule has 1 amide bonds. The van der Waals surface area contributed by atoms with Gasteiger partial charge in [0.15, 0.2) is 12.4 Å². The second-order valence-corrected chi connectivity index (χ2v) is 4.57. The first kappa shape index (κ1) is 12.3. The molecule has 0 saturated carbocycles. The second kappa shape index (κ2) is 4.44. The fourth-order valence-electron chi connectivity index (χ4n) is 2.01. The first-order valence-corrected chi connectivity index (χ1v) is 6.07. The minimum absolute atomic E-state index is 0.00638. The second-order valence-electron chi connectivity index (χ2n) is 4.57. The van der Waals surface area contributed by atoms with E-state index >= 15 is 0 Å². The molecule has 1 aliphatic heterocycles. The van der Waals surface area contributed by atoms with Gasteiger partial charge in [0.05, 0.1) is 17.1 Å². The Morgan fingerprint density at radius 1 is 1.45 bits per heavy atom. The van der Waals surface area contributed by atoms with Gasteiger partial charge in [-0.1, -0.05) is 0 Å². The number of rotatable bonds is 2. The van der Waals surface area contributed by atoms with Crippen molar-refractivity contribution in [2.75, 3.05) is 17.7 Å². The van der Waals surface area contributed by atoms with Crippen LogP contribution in [0.1, 0.15) is 5.69 Å². The lowest BCUT2D eigenvalue weighted by Gasteiger charge is -2.19. The van der Waals surface area contributed by atoms with E-state index in [-0.39, 0.29) is 12.5 Å². The summed E-state index contributed by atoms with van der Waals surface area (Å²) in [7, 11) is 1.78. The Balaban J connectivity index is 1.96. The number of anilines is 2. The van der Waals surface area contributed by atoms with Gasteiger partial charge in [0.25, 0.3) is 5.91 Å². The van der Waals surface area contributed by atoms with E-state index in [9.17, 15) is 4.79 Å². The van der Waals surface area contributed by atoms with Crippen molar-refractivity contribution in [2.45, 2.75) is 6.92 Å². The average Bonchev–Trinajstić information content (AvgIpc) is 2.69. The number of ether oxygens (including phenoxy) is 2. The van der Waals surface area contributed by atoms with Crippen molar-refractivity contribution in [3.05, 3.63) is 23.9 Å². The molecule has 0 spiro atoms. The Hall–Kier alpha value is -2.70. The smallest absolute Gasteiger partial charge is 0.262 e. The van der Waals surface area contributed by atoms with Gasteiger partial charge in [-0.25, -0.2) is 4.68 Å². The summed E-state index contributed by atoms with van der Waals surface area (Å²) in [6.45, 7) is 1.87. The van der Waals surface area contributed by atoms with E-state index < -0.39 is 0 Å². The molecule has 0 radical (unpaired) electrons. The van der Waals surface area contributed by atoms with E-state index in [1.54, 1.807) is 29.9 Å². The molecule has 0 unspecified atom stereocenters. The van der Waals surface area contributed by atoms with Gasteiger partial charge >= 0.3 is 0 Å². The monoisotopic (exact) mass is 274 g/mol. The van der Waals surface area contributed by atoms with Crippen molar-refractivity contribution >= 4 is 17.3 Å². The van der Waals surface area contributed by atoms with Crippen molar-refractivity contribution in [1.29, 1.82) is 0 Å². The number of nitrogens with zero attached hydrogens (tertiary/aromatic N) is 2. The zero-order valence-electron chi connectivity index (χ0n) is 11.1. The van der Waals surface area contributed by atoms with Gasteiger partial charge in [0.2, 0.25) is 5.88 Å². The summed E-state index contributed by atoms with van der Waals surface area (Å²) in [6, 6.07) is 5.07. The highest BCUT2D eigenvalue weighted by Crippen LogP contribution is 2.38. The molecule has 0 saturated heterocycles. The van der Waals surface area contributed by atoms with Crippen LogP contribution < -0.4 is 20.5 Å². The Kier molecular flexibility index (Phi) is 2.74. The first-order valence-electron chi connectivity index (χ1n) is 6.07. The number of aromatic nitrogens is 2. The number of amides is 1.